The molecular weight excluding hydrogens is 224 g/mol. The van der Waals surface area contributed by atoms with E-state index in [0.717, 1.165) is 15.6 Å². The maximum atomic E-state index is 11.3. The molecule has 0 radical (unpaired) electrons. The Morgan fingerprint density at radius 1 is 1.38 bits per heavy atom. The molecule has 0 spiro atoms. The van der Waals surface area contributed by atoms with Crippen LogP contribution in [0.1, 0.15) is 0 Å². The topological polar surface area (TPSA) is 59.8 Å². The van der Waals surface area contributed by atoms with Gasteiger partial charge in [-0.05, 0) is 12.1 Å². The first kappa shape index (κ1) is 9.41. The Labute approximate surface area is 95.5 Å². The lowest BCUT2D eigenvalue weighted by atomic mass is 10.3. The van der Waals surface area contributed by atoms with E-state index >= 15 is 0 Å². The lowest BCUT2D eigenvalue weighted by Gasteiger charge is -2.18. The van der Waals surface area contributed by atoms with Crippen molar-refractivity contribution in [1.29, 1.82) is 0 Å². The molecule has 1 aromatic heterocycles. The number of aryl methyl sites for hydroxylation is 1. The Hall–Kier alpha value is -1.82. The second kappa shape index (κ2) is 3.34. The fourth-order valence-electron chi connectivity index (χ4n) is 1.48. The average molecular weight is 232 g/mol. The third-order valence-corrected chi connectivity index (χ3v) is 3.32. The van der Waals surface area contributed by atoms with E-state index in [9.17, 15) is 4.79 Å². The first-order valence-electron chi connectivity index (χ1n) is 4.73. The average Bonchev–Trinajstić information content (AvgIpc) is 2.28. The van der Waals surface area contributed by atoms with Crippen molar-refractivity contribution in [2.24, 2.45) is 7.05 Å². The third-order valence-electron chi connectivity index (χ3n) is 2.27. The van der Waals surface area contributed by atoms with Crippen LogP contribution in [0.3, 0.4) is 0 Å². The Bertz CT molecular complexity index is 622. The number of nitrogens with zero attached hydrogens (tertiary/aromatic N) is 3. The first-order valence-corrected chi connectivity index (χ1v) is 5.55. The van der Waals surface area contributed by atoms with Crippen LogP contribution in [0, 0.1) is 0 Å². The lowest BCUT2D eigenvalue weighted by molar-refractivity contribution is 0.638. The van der Waals surface area contributed by atoms with Gasteiger partial charge in [-0.2, -0.15) is 10.1 Å². The molecule has 2 heterocycles. The molecule has 16 heavy (non-hydrogen) atoms. The molecule has 0 amide bonds. The van der Waals surface area contributed by atoms with Crippen molar-refractivity contribution in [1.82, 2.24) is 14.8 Å². The molecule has 1 aliphatic rings. The van der Waals surface area contributed by atoms with Crippen LogP contribution in [0.4, 0.5) is 11.5 Å². The summed E-state index contributed by atoms with van der Waals surface area (Å²) in [6.07, 6.45) is 0. The number of hydrogen-bond donors (Lipinski definition) is 1. The number of rotatable bonds is 0. The maximum absolute atomic E-state index is 11.3. The summed E-state index contributed by atoms with van der Waals surface area (Å²) in [7, 11) is 1.59. The zero-order chi connectivity index (χ0) is 11.1. The van der Waals surface area contributed by atoms with Crippen molar-refractivity contribution in [2.75, 3.05) is 5.32 Å². The van der Waals surface area contributed by atoms with Gasteiger partial charge in [0.1, 0.15) is 0 Å². The van der Waals surface area contributed by atoms with Gasteiger partial charge in [-0.15, -0.1) is 0 Å². The van der Waals surface area contributed by atoms with Crippen LogP contribution in [0.15, 0.2) is 39.0 Å². The minimum atomic E-state index is -0.355. The third kappa shape index (κ3) is 1.38. The highest BCUT2D eigenvalue weighted by atomic mass is 32.2. The van der Waals surface area contributed by atoms with Crippen LogP contribution in [0.25, 0.3) is 0 Å². The van der Waals surface area contributed by atoms with Gasteiger partial charge in [0.15, 0.2) is 10.8 Å². The lowest BCUT2D eigenvalue weighted by Crippen LogP contribution is -2.25. The van der Waals surface area contributed by atoms with Gasteiger partial charge in [-0.3, -0.25) is 0 Å². The van der Waals surface area contributed by atoms with Crippen molar-refractivity contribution < 1.29 is 0 Å². The van der Waals surface area contributed by atoms with Gasteiger partial charge in [0.25, 0.3) is 0 Å². The summed E-state index contributed by atoms with van der Waals surface area (Å²) in [5.74, 6) is 0.534. The second-order valence-electron chi connectivity index (χ2n) is 3.39. The molecule has 0 atom stereocenters. The summed E-state index contributed by atoms with van der Waals surface area (Å²) in [6.45, 7) is 0. The number of anilines is 2. The van der Waals surface area contributed by atoms with Crippen LogP contribution < -0.4 is 11.0 Å². The fourth-order valence-corrected chi connectivity index (χ4v) is 2.42. The van der Waals surface area contributed by atoms with Crippen molar-refractivity contribution in [3.05, 3.63) is 34.7 Å². The Kier molecular flexibility index (Phi) is 1.97. The molecule has 2 aromatic rings. The highest BCUT2D eigenvalue weighted by molar-refractivity contribution is 7.99. The fraction of sp³-hybridized carbons (Fsp3) is 0.100. The molecule has 1 aromatic carbocycles. The molecule has 0 aliphatic carbocycles. The molecule has 6 heteroatoms. The van der Waals surface area contributed by atoms with Gasteiger partial charge >= 0.3 is 5.69 Å². The Morgan fingerprint density at radius 2 is 2.19 bits per heavy atom. The van der Waals surface area contributed by atoms with Crippen LogP contribution in [0.2, 0.25) is 0 Å². The standard InChI is InChI=1S/C10H8N4OS/c1-14-10(15)12-8-9(13-14)16-7-5-3-2-4-6(7)11-8/h2-5H,1H3,(H,11,12,15). The van der Waals surface area contributed by atoms with Crippen molar-refractivity contribution >= 4 is 23.3 Å². The highest BCUT2D eigenvalue weighted by Crippen LogP contribution is 2.40. The SMILES string of the molecule is Cn1nc2c(nc1=O)Nc1ccccc1S2. The number of hydrogen-bond acceptors (Lipinski definition) is 5. The van der Waals surface area contributed by atoms with Gasteiger partial charge in [0, 0.05) is 11.9 Å². The summed E-state index contributed by atoms with van der Waals surface area (Å²) >= 11 is 1.51. The van der Waals surface area contributed by atoms with Crippen LogP contribution >= 0.6 is 11.8 Å². The largest absolute Gasteiger partial charge is 0.365 e. The molecular formula is C10H8N4OS. The van der Waals surface area contributed by atoms with Gasteiger partial charge in [-0.1, -0.05) is 23.9 Å². The van der Waals surface area contributed by atoms with E-state index < -0.39 is 0 Å². The molecule has 0 fully saturated rings. The van der Waals surface area contributed by atoms with E-state index in [1.165, 1.54) is 16.4 Å². The molecule has 80 valence electrons. The first-order chi connectivity index (χ1) is 7.74. The van der Waals surface area contributed by atoms with Gasteiger partial charge in [0.2, 0.25) is 0 Å². The predicted molar refractivity (Wildman–Crippen MR) is 61.1 cm³/mol. The van der Waals surface area contributed by atoms with Gasteiger partial charge in [0.05, 0.1) is 5.69 Å². The van der Waals surface area contributed by atoms with Crippen molar-refractivity contribution in [2.45, 2.75) is 9.92 Å². The number of para-hydroxylation sites is 1. The number of fused-ring (bicyclic) bond motifs is 2. The minimum absolute atomic E-state index is 0.355. The molecule has 3 rings (SSSR count). The monoisotopic (exact) mass is 232 g/mol. The molecule has 0 saturated carbocycles. The van der Waals surface area contributed by atoms with Crippen LogP contribution in [0.5, 0.6) is 0 Å². The molecule has 5 nitrogen and oxygen atoms in total. The Balaban J connectivity index is 2.16. The van der Waals surface area contributed by atoms with Crippen LogP contribution in [-0.2, 0) is 7.05 Å². The zero-order valence-corrected chi connectivity index (χ0v) is 9.28. The van der Waals surface area contributed by atoms with E-state index in [0.29, 0.717) is 5.82 Å². The van der Waals surface area contributed by atoms with E-state index in [4.69, 9.17) is 0 Å². The number of benzene rings is 1. The van der Waals surface area contributed by atoms with Gasteiger partial charge in [-0.25, -0.2) is 9.48 Å². The summed E-state index contributed by atoms with van der Waals surface area (Å²) in [6, 6.07) is 7.85. The minimum Gasteiger partial charge on any atom is -0.337 e. The van der Waals surface area contributed by atoms with E-state index in [1.807, 2.05) is 24.3 Å². The maximum Gasteiger partial charge on any atom is 0.365 e. The van der Waals surface area contributed by atoms with E-state index in [-0.39, 0.29) is 5.69 Å². The second-order valence-corrected chi connectivity index (χ2v) is 4.43. The van der Waals surface area contributed by atoms with Gasteiger partial charge < -0.3 is 5.32 Å². The molecule has 1 aliphatic heterocycles. The predicted octanol–water partition coefficient (Wildman–Crippen LogP) is 1.38. The highest BCUT2D eigenvalue weighted by Gasteiger charge is 2.18. The summed E-state index contributed by atoms with van der Waals surface area (Å²) in [4.78, 5) is 16.4. The van der Waals surface area contributed by atoms with E-state index in [1.54, 1.807) is 7.05 Å². The number of aromatic nitrogens is 3. The van der Waals surface area contributed by atoms with Crippen molar-refractivity contribution in [3.8, 4) is 0 Å². The molecule has 0 saturated heterocycles. The molecule has 0 unspecified atom stereocenters. The Morgan fingerprint density at radius 3 is 3.06 bits per heavy atom. The number of nitrogens with one attached hydrogen (secondary N) is 1. The van der Waals surface area contributed by atoms with Crippen molar-refractivity contribution in [3.63, 3.8) is 0 Å². The molecule has 1 N–H and O–H groups in total. The smallest absolute Gasteiger partial charge is 0.337 e. The summed E-state index contributed by atoms with van der Waals surface area (Å²) in [5.41, 5.74) is 0.605. The van der Waals surface area contributed by atoms with Crippen LogP contribution in [-0.4, -0.2) is 14.8 Å². The normalized spacial score (nSPS) is 12.6. The summed E-state index contributed by atoms with van der Waals surface area (Å²) in [5, 5.41) is 7.98. The quantitative estimate of drug-likeness (QED) is 0.634. The zero-order valence-electron chi connectivity index (χ0n) is 8.47. The summed E-state index contributed by atoms with van der Waals surface area (Å²) < 4.78 is 1.24. The molecule has 0 bridgehead atoms. The van der Waals surface area contributed by atoms with E-state index in [2.05, 4.69) is 15.4 Å².